The summed E-state index contributed by atoms with van der Waals surface area (Å²) in [4.78, 5) is 43.1. The third-order valence-corrected chi connectivity index (χ3v) is 5.18. The van der Waals surface area contributed by atoms with Crippen molar-refractivity contribution in [1.82, 2.24) is 15.2 Å². The van der Waals surface area contributed by atoms with Crippen LogP contribution in [0.1, 0.15) is 48.3 Å². The molecule has 0 bridgehead atoms. The van der Waals surface area contributed by atoms with Crippen LogP contribution in [0.25, 0.3) is 0 Å². The predicted octanol–water partition coefficient (Wildman–Crippen LogP) is 5.17. The second-order valence-electron chi connectivity index (χ2n) is 9.43. The Balaban J connectivity index is 1.70. The van der Waals surface area contributed by atoms with Crippen molar-refractivity contribution in [2.45, 2.75) is 39.0 Å². The molecular formula is C28H32N4O5. The van der Waals surface area contributed by atoms with Crippen LogP contribution in [-0.4, -0.2) is 47.2 Å². The predicted molar refractivity (Wildman–Crippen MR) is 140 cm³/mol. The molecule has 1 heterocycles. The Hall–Kier alpha value is -4.40. The fourth-order valence-electron chi connectivity index (χ4n) is 3.37. The lowest BCUT2D eigenvalue weighted by molar-refractivity contribution is 0.0485. The summed E-state index contributed by atoms with van der Waals surface area (Å²) < 4.78 is 10.8. The van der Waals surface area contributed by atoms with Gasteiger partial charge in [-0.05, 0) is 56.2 Å². The molecule has 1 atom stereocenters. The molecule has 0 fully saturated rings. The Morgan fingerprint density at radius 1 is 0.946 bits per heavy atom. The normalized spacial score (nSPS) is 11.7. The van der Waals surface area contributed by atoms with Gasteiger partial charge >= 0.3 is 12.2 Å². The van der Waals surface area contributed by atoms with Crippen LogP contribution < -0.4 is 10.6 Å². The van der Waals surface area contributed by atoms with E-state index in [1.54, 1.807) is 76.6 Å². The van der Waals surface area contributed by atoms with Gasteiger partial charge < -0.3 is 25.0 Å². The monoisotopic (exact) mass is 504 g/mol. The zero-order valence-corrected chi connectivity index (χ0v) is 21.4. The van der Waals surface area contributed by atoms with E-state index in [2.05, 4.69) is 15.6 Å². The van der Waals surface area contributed by atoms with Crippen LogP contribution in [0.3, 0.4) is 0 Å². The molecule has 0 aliphatic rings. The summed E-state index contributed by atoms with van der Waals surface area (Å²) in [6, 6.07) is 18.9. The molecule has 9 heteroatoms. The van der Waals surface area contributed by atoms with Crippen LogP contribution in [-0.2, 0) is 16.1 Å². The number of likely N-dealkylation sites (N-methyl/N-ethyl adjacent to an activating group) is 1. The fourth-order valence-corrected chi connectivity index (χ4v) is 3.37. The average molecular weight is 505 g/mol. The number of carbonyl (C=O) groups excluding carboxylic acids is 3. The number of aromatic nitrogens is 1. The molecule has 194 valence electrons. The summed E-state index contributed by atoms with van der Waals surface area (Å²) in [7, 11) is 1.59. The molecule has 9 nitrogen and oxygen atoms in total. The van der Waals surface area contributed by atoms with Crippen molar-refractivity contribution >= 4 is 23.8 Å². The van der Waals surface area contributed by atoms with Crippen molar-refractivity contribution in [2.75, 3.05) is 18.9 Å². The number of benzene rings is 2. The van der Waals surface area contributed by atoms with Gasteiger partial charge in [0.05, 0.1) is 6.04 Å². The molecule has 0 radical (unpaired) electrons. The molecule has 0 aliphatic heterocycles. The Bertz CT molecular complexity index is 1180. The maximum atomic E-state index is 12.6. The summed E-state index contributed by atoms with van der Waals surface area (Å²) in [5.74, 6) is -0.281. The van der Waals surface area contributed by atoms with Crippen LogP contribution in [0, 0.1) is 0 Å². The van der Waals surface area contributed by atoms with E-state index in [1.165, 1.54) is 4.90 Å². The molecule has 0 aliphatic carbocycles. The van der Waals surface area contributed by atoms with Crippen LogP contribution >= 0.6 is 0 Å². The second-order valence-corrected chi connectivity index (χ2v) is 9.43. The lowest BCUT2D eigenvalue weighted by Gasteiger charge is -2.27. The van der Waals surface area contributed by atoms with Crippen LogP contribution in [0.2, 0.25) is 0 Å². The summed E-state index contributed by atoms with van der Waals surface area (Å²) >= 11 is 0. The second kappa shape index (κ2) is 12.5. The van der Waals surface area contributed by atoms with Gasteiger partial charge in [0.1, 0.15) is 12.2 Å². The van der Waals surface area contributed by atoms with E-state index in [4.69, 9.17) is 9.47 Å². The number of ether oxygens (including phenoxy) is 2. The number of nitrogens with zero attached hydrogens (tertiary/aromatic N) is 2. The van der Waals surface area contributed by atoms with Crippen molar-refractivity contribution in [3.63, 3.8) is 0 Å². The van der Waals surface area contributed by atoms with Crippen molar-refractivity contribution in [3.05, 3.63) is 95.8 Å². The molecule has 1 aromatic heterocycles. The molecule has 0 saturated carbocycles. The number of amides is 3. The number of anilines is 1. The summed E-state index contributed by atoms with van der Waals surface area (Å²) in [6.07, 6.45) is 2.02. The van der Waals surface area contributed by atoms with E-state index in [0.29, 0.717) is 16.8 Å². The van der Waals surface area contributed by atoms with Gasteiger partial charge in [0.25, 0.3) is 5.91 Å². The topological polar surface area (TPSA) is 110 Å². The summed E-state index contributed by atoms with van der Waals surface area (Å²) in [5.41, 5.74) is 1.93. The van der Waals surface area contributed by atoms with Crippen molar-refractivity contribution < 1.29 is 23.9 Å². The number of hydrogen-bond donors (Lipinski definition) is 2. The molecule has 0 spiro atoms. The van der Waals surface area contributed by atoms with Gasteiger partial charge in [-0.15, -0.1) is 0 Å². The lowest BCUT2D eigenvalue weighted by Crippen LogP contribution is -2.41. The fraction of sp³-hybridized carbons (Fsp3) is 0.286. The molecular weight excluding hydrogens is 472 g/mol. The van der Waals surface area contributed by atoms with Gasteiger partial charge in [0, 0.05) is 37.2 Å². The number of carbonyl (C=O) groups is 3. The average Bonchev–Trinajstić information content (AvgIpc) is 2.87. The number of alkyl carbamates (subject to hydrolysis) is 1. The zero-order chi connectivity index (χ0) is 26.8. The van der Waals surface area contributed by atoms with E-state index < -0.39 is 23.8 Å². The van der Waals surface area contributed by atoms with E-state index in [9.17, 15) is 14.4 Å². The first-order chi connectivity index (χ1) is 17.6. The molecule has 1 unspecified atom stereocenters. The minimum absolute atomic E-state index is 0.120. The van der Waals surface area contributed by atoms with Gasteiger partial charge in [-0.3, -0.25) is 9.78 Å². The minimum atomic E-state index is -0.690. The molecule has 2 N–H and O–H groups in total. The molecule has 3 aromatic rings. The van der Waals surface area contributed by atoms with E-state index >= 15 is 0 Å². The summed E-state index contributed by atoms with van der Waals surface area (Å²) in [5, 5.41) is 5.62. The van der Waals surface area contributed by atoms with Crippen molar-refractivity contribution in [2.24, 2.45) is 0 Å². The van der Waals surface area contributed by atoms with Gasteiger partial charge in [-0.2, -0.15) is 0 Å². The van der Waals surface area contributed by atoms with Gasteiger partial charge in [0.15, 0.2) is 0 Å². The van der Waals surface area contributed by atoms with Crippen LogP contribution in [0.5, 0.6) is 0 Å². The molecule has 2 aromatic carbocycles. The highest BCUT2D eigenvalue weighted by Gasteiger charge is 2.24. The first kappa shape index (κ1) is 27.2. The highest BCUT2D eigenvalue weighted by atomic mass is 16.6. The third kappa shape index (κ3) is 8.96. The quantitative estimate of drug-likeness (QED) is 0.438. The number of pyridine rings is 1. The summed E-state index contributed by atoms with van der Waals surface area (Å²) in [6.45, 7) is 5.56. The van der Waals surface area contributed by atoms with E-state index in [0.717, 1.165) is 5.56 Å². The number of hydrogen-bond acceptors (Lipinski definition) is 6. The number of rotatable bonds is 8. The maximum Gasteiger partial charge on any atom is 0.409 e. The smallest absolute Gasteiger partial charge is 0.409 e. The SMILES string of the molecule is CN(CC(NC(=O)OC(C)(C)C)c1ccc(C(=O)Nc2ccncc2)cc1)C(=O)OCc1ccccc1. The maximum absolute atomic E-state index is 12.6. The first-order valence-electron chi connectivity index (χ1n) is 11.8. The highest BCUT2D eigenvalue weighted by molar-refractivity contribution is 6.04. The zero-order valence-electron chi connectivity index (χ0n) is 21.4. The standard InChI is InChI=1S/C28H32N4O5/c1-28(2,3)37-26(34)31-24(18-32(4)27(35)36-19-20-8-6-5-7-9-20)21-10-12-22(13-11-21)25(33)30-23-14-16-29-17-15-23/h5-17,24H,18-19H2,1-4H3,(H,31,34)(H,29,30,33). The number of nitrogens with one attached hydrogen (secondary N) is 2. The Morgan fingerprint density at radius 2 is 1.59 bits per heavy atom. The van der Waals surface area contributed by atoms with Gasteiger partial charge in [0.2, 0.25) is 0 Å². The van der Waals surface area contributed by atoms with E-state index in [1.807, 2.05) is 30.3 Å². The Morgan fingerprint density at radius 3 is 2.22 bits per heavy atom. The van der Waals surface area contributed by atoms with Crippen LogP contribution in [0.15, 0.2) is 79.1 Å². The lowest BCUT2D eigenvalue weighted by atomic mass is 10.0. The molecule has 3 rings (SSSR count). The highest BCUT2D eigenvalue weighted by Crippen LogP contribution is 2.18. The van der Waals surface area contributed by atoms with Crippen LogP contribution in [0.4, 0.5) is 15.3 Å². The minimum Gasteiger partial charge on any atom is -0.445 e. The Labute approximate surface area is 216 Å². The Kier molecular flexibility index (Phi) is 9.21. The van der Waals surface area contributed by atoms with Crippen molar-refractivity contribution in [1.29, 1.82) is 0 Å². The third-order valence-electron chi connectivity index (χ3n) is 5.18. The largest absolute Gasteiger partial charge is 0.445 e. The van der Waals surface area contributed by atoms with E-state index in [-0.39, 0.29) is 19.1 Å². The molecule has 37 heavy (non-hydrogen) atoms. The van der Waals surface area contributed by atoms with Gasteiger partial charge in [-0.25, -0.2) is 9.59 Å². The van der Waals surface area contributed by atoms with Crippen molar-refractivity contribution in [3.8, 4) is 0 Å². The first-order valence-corrected chi connectivity index (χ1v) is 11.8. The molecule has 3 amide bonds. The molecule has 0 saturated heterocycles. The van der Waals surface area contributed by atoms with Gasteiger partial charge in [-0.1, -0.05) is 42.5 Å².